The van der Waals surface area contributed by atoms with Gasteiger partial charge in [0.2, 0.25) is 4.38 Å². The summed E-state index contributed by atoms with van der Waals surface area (Å²) in [5, 5.41) is 2.88. The van der Waals surface area contributed by atoms with Gasteiger partial charge in [-0.05, 0) is 68.7 Å². The summed E-state index contributed by atoms with van der Waals surface area (Å²) in [6, 6.07) is 8.93. The highest BCUT2D eigenvalue weighted by molar-refractivity contribution is 9.10. The van der Waals surface area contributed by atoms with Gasteiger partial charge in [0.25, 0.3) is 5.91 Å². The van der Waals surface area contributed by atoms with E-state index in [1.165, 1.54) is 18.1 Å². The molecule has 256 valence electrons. The van der Waals surface area contributed by atoms with Crippen LogP contribution in [0.25, 0.3) is 11.2 Å². The Balaban J connectivity index is 1.61. The van der Waals surface area contributed by atoms with E-state index in [2.05, 4.69) is 86.6 Å². The van der Waals surface area contributed by atoms with Gasteiger partial charge in [0.05, 0.1) is 6.61 Å². The second kappa shape index (κ2) is 14.6. The molecule has 0 saturated carbocycles. The summed E-state index contributed by atoms with van der Waals surface area (Å²) in [6.45, 7) is 17.8. The summed E-state index contributed by atoms with van der Waals surface area (Å²) < 4.78 is 37.7. The number of carbonyl (C=O) groups excluding carboxylic acids is 1. The molecule has 2 aromatic heterocycles. The maximum atomic E-state index is 13.1. The number of benzene rings is 1. The van der Waals surface area contributed by atoms with Gasteiger partial charge in [-0.3, -0.25) is 9.36 Å². The third-order valence-electron chi connectivity index (χ3n) is 8.97. The van der Waals surface area contributed by atoms with E-state index in [0.29, 0.717) is 25.8 Å². The molecule has 0 radical (unpaired) electrons. The quantitative estimate of drug-likeness (QED) is 0.137. The minimum Gasteiger partial charge on any atom is -0.468 e. The molecule has 5 rings (SSSR count). The van der Waals surface area contributed by atoms with Gasteiger partial charge < -0.3 is 27.8 Å². The van der Waals surface area contributed by atoms with Crippen molar-refractivity contribution >= 4 is 84.3 Å². The van der Waals surface area contributed by atoms with E-state index in [1.54, 1.807) is 24.3 Å². The first-order chi connectivity index (χ1) is 22.3. The highest BCUT2D eigenvalue weighted by Gasteiger charge is 2.62. The summed E-state index contributed by atoms with van der Waals surface area (Å²) in [4.78, 5) is 26.7. The van der Waals surface area contributed by atoms with Gasteiger partial charge in [0.1, 0.15) is 18.5 Å². The highest BCUT2D eigenvalue weighted by atomic mass is 79.9. The summed E-state index contributed by atoms with van der Waals surface area (Å²) in [7, 11) is -5.79. The predicted molar refractivity (Wildman–Crippen MR) is 196 cm³/mol. The fourth-order valence-corrected chi connectivity index (χ4v) is 18.7. The molecule has 1 aromatic carbocycles. The number of ether oxygens (including phenoxy) is 2. The van der Waals surface area contributed by atoms with Crippen molar-refractivity contribution in [2.75, 3.05) is 18.2 Å². The van der Waals surface area contributed by atoms with E-state index >= 15 is 0 Å². The Hall–Kier alpha value is -1.77. The number of thiocarbonyl (C=S) groups is 1. The van der Waals surface area contributed by atoms with Crippen LogP contribution in [0, 0.1) is 0 Å². The number of nitrogens with one attached hydrogen (secondary N) is 1. The number of carbonyl (C=O) groups is 1. The van der Waals surface area contributed by atoms with Crippen molar-refractivity contribution in [3.05, 3.63) is 47.0 Å². The van der Waals surface area contributed by atoms with Crippen LogP contribution in [0.1, 0.15) is 72.0 Å². The summed E-state index contributed by atoms with van der Waals surface area (Å²) >= 11 is 10.6. The minimum atomic E-state index is -2.99. The van der Waals surface area contributed by atoms with Gasteiger partial charge in [-0.1, -0.05) is 85.4 Å². The number of rotatable bonds is 8. The van der Waals surface area contributed by atoms with Gasteiger partial charge in [-0.25, -0.2) is 15.0 Å². The molecule has 2 saturated heterocycles. The molecule has 4 heterocycles. The second-order valence-corrected chi connectivity index (χ2v) is 24.1. The van der Waals surface area contributed by atoms with E-state index in [0.717, 1.165) is 0 Å². The maximum absolute atomic E-state index is 13.1. The standard InChI is InChI=1S/C31H44BrN5O6S2Si2/c1-17(2)46(18(3)4)39-15-22-24(42-47(43-46,19(5)6)20(7)8)25(41-31(44)45-9)29(40-22)37-27-23(35-30(37)32)26(33-16-34-27)36-28(38)21-13-11-10-12-14-21/h10-14,16-20,22,24-25,29H,15H2,1-9H3,(H,33,34,36,38)/t22-,24+,25?,29-/m1/s1. The lowest BCUT2D eigenvalue weighted by Gasteiger charge is -2.51. The highest BCUT2D eigenvalue weighted by Crippen LogP contribution is 2.49. The summed E-state index contributed by atoms with van der Waals surface area (Å²) in [5.74, 6) is -0.0382. The van der Waals surface area contributed by atoms with Crippen LogP contribution in [0.15, 0.2) is 41.4 Å². The molecule has 3 aromatic rings. The van der Waals surface area contributed by atoms with Crippen LogP contribution in [0.4, 0.5) is 5.82 Å². The van der Waals surface area contributed by atoms with Gasteiger partial charge in [0.15, 0.2) is 34.0 Å². The van der Waals surface area contributed by atoms with E-state index < -0.39 is 41.7 Å². The van der Waals surface area contributed by atoms with Crippen LogP contribution >= 0.6 is 39.9 Å². The zero-order chi connectivity index (χ0) is 34.3. The summed E-state index contributed by atoms with van der Waals surface area (Å²) in [6.07, 6.45) is 0.771. The molecule has 0 aliphatic carbocycles. The van der Waals surface area contributed by atoms with E-state index in [9.17, 15) is 4.79 Å². The number of hydrogen-bond acceptors (Lipinski definition) is 11. The molecule has 16 heteroatoms. The predicted octanol–water partition coefficient (Wildman–Crippen LogP) is 7.73. The van der Waals surface area contributed by atoms with E-state index in [4.69, 9.17) is 39.6 Å². The Kier molecular flexibility index (Phi) is 11.3. The zero-order valence-electron chi connectivity index (χ0n) is 28.2. The lowest BCUT2D eigenvalue weighted by atomic mass is 10.1. The molecule has 2 fully saturated rings. The molecular weight excluding hydrogens is 739 g/mol. The number of halogens is 1. The van der Waals surface area contributed by atoms with Crippen LogP contribution in [-0.4, -0.2) is 78.1 Å². The van der Waals surface area contributed by atoms with Crippen LogP contribution in [0.5, 0.6) is 0 Å². The first-order valence-corrected chi connectivity index (χ1v) is 22.3. The number of fused-ring (bicyclic) bond motifs is 2. The van der Waals surface area contributed by atoms with E-state index in [1.807, 2.05) is 16.9 Å². The molecular formula is C31H44BrN5O6S2Si2. The van der Waals surface area contributed by atoms with Crippen LogP contribution in [-0.2, 0) is 22.4 Å². The monoisotopic (exact) mass is 781 g/mol. The molecule has 2 aliphatic rings. The number of amides is 1. The lowest BCUT2D eigenvalue weighted by molar-refractivity contribution is -0.0570. The Morgan fingerprint density at radius 2 is 1.68 bits per heavy atom. The number of aromatic nitrogens is 4. The lowest BCUT2D eigenvalue weighted by Crippen LogP contribution is -2.66. The van der Waals surface area contributed by atoms with Gasteiger partial charge >= 0.3 is 17.1 Å². The second-order valence-electron chi connectivity index (χ2n) is 13.1. The van der Waals surface area contributed by atoms with Crippen LogP contribution in [0.3, 0.4) is 0 Å². The van der Waals surface area contributed by atoms with Gasteiger partial charge in [-0.15, -0.1) is 0 Å². The number of hydrogen-bond donors (Lipinski definition) is 1. The first kappa shape index (κ1) is 36.5. The molecule has 1 N–H and O–H groups in total. The third-order valence-corrected chi connectivity index (χ3v) is 20.8. The van der Waals surface area contributed by atoms with Crippen molar-refractivity contribution in [3.63, 3.8) is 0 Å². The molecule has 0 spiro atoms. The van der Waals surface area contributed by atoms with Crippen molar-refractivity contribution < 1.29 is 27.2 Å². The average molecular weight is 783 g/mol. The van der Waals surface area contributed by atoms with Crippen LogP contribution < -0.4 is 5.32 Å². The fraction of sp³-hybridized carbons (Fsp3) is 0.581. The molecule has 0 bridgehead atoms. The number of nitrogens with zero attached hydrogens (tertiary/aromatic N) is 4. The Morgan fingerprint density at radius 1 is 1.04 bits per heavy atom. The SMILES string of the molecule is CSC(=S)OC1[C@H]2O[Si](C(C)C)(C(C)C)O[Si](C(C)C)(C(C)C)OC[C@H]2O[C@H]1n1c(Br)nc2c(NC(=O)c3ccccc3)ncnc21. The smallest absolute Gasteiger partial charge is 0.335 e. The average Bonchev–Trinajstić information content (AvgIpc) is 3.52. The van der Waals surface area contributed by atoms with Crippen molar-refractivity contribution in [3.8, 4) is 0 Å². The molecule has 11 nitrogen and oxygen atoms in total. The zero-order valence-corrected chi connectivity index (χ0v) is 33.4. The Bertz CT molecular complexity index is 1580. The molecule has 4 atom stereocenters. The molecule has 1 amide bonds. The maximum Gasteiger partial charge on any atom is 0.335 e. The number of anilines is 1. The van der Waals surface area contributed by atoms with Crippen molar-refractivity contribution in [2.45, 2.75) is 102 Å². The van der Waals surface area contributed by atoms with Crippen molar-refractivity contribution in [1.82, 2.24) is 19.5 Å². The summed E-state index contributed by atoms with van der Waals surface area (Å²) in [5.41, 5.74) is 1.94. The van der Waals surface area contributed by atoms with Gasteiger partial charge in [-0.2, -0.15) is 0 Å². The normalized spacial score (nSPS) is 24.0. The van der Waals surface area contributed by atoms with Crippen molar-refractivity contribution in [2.24, 2.45) is 0 Å². The first-order valence-electron chi connectivity index (χ1n) is 15.9. The van der Waals surface area contributed by atoms with Gasteiger partial charge in [0, 0.05) is 5.56 Å². The van der Waals surface area contributed by atoms with E-state index in [-0.39, 0.29) is 40.5 Å². The van der Waals surface area contributed by atoms with Crippen LogP contribution in [0.2, 0.25) is 22.2 Å². The Morgan fingerprint density at radius 3 is 2.28 bits per heavy atom. The topological polar surface area (TPSA) is 119 Å². The third kappa shape index (κ3) is 6.86. The molecule has 47 heavy (non-hydrogen) atoms. The molecule has 2 aliphatic heterocycles. The largest absolute Gasteiger partial charge is 0.468 e. The van der Waals surface area contributed by atoms with Crippen molar-refractivity contribution in [1.29, 1.82) is 0 Å². The number of imidazole rings is 1. The molecule has 1 unspecified atom stereocenters. The number of thioether (sulfide) groups is 1. The Labute approximate surface area is 296 Å². The fourth-order valence-electron chi connectivity index (χ4n) is 6.58. The minimum absolute atomic E-state index is 0.116.